The Balaban J connectivity index is 2.13. The molecule has 0 aliphatic heterocycles. The van der Waals surface area contributed by atoms with E-state index in [4.69, 9.17) is 0 Å². The van der Waals surface area contributed by atoms with Gasteiger partial charge in [0.2, 0.25) is 0 Å². The maximum Gasteiger partial charge on any atom is 0.107 e. The highest BCUT2D eigenvalue weighted by atomic mass is 79.9. The van der Waals surface area contributed by atoms with Gasteiger partial charge in [-0.05, 0) is 50.6 Å². The Morgan fingerprint density at radius 2 is 1.90 bits per heavy atom. The first-order chi connectivity index (χ1) is 9.72. The third kappa shape index (κ3) is 2.42. The Labute approximate surface area is 134 Å². The van der Waals surface area contributed by atoms with E-state index in [9.17, 15) is 5.11 Å². The first kappa shape index (κ1) is 14.1. The molecule has 1 N–H and O–H groups in total. The molecule has 20 heavy (non-hydrogen) atoms. The molecule has 0 aliphatic rings. The highest BCUT2D eigenvalue weighted by Gasteiger charge is 2.18. The van der Waals surface area contributed by atoms with Gasteiger partial charge in [0.05, 0.1) is 0 Å². The summed E-state index contributed by atoms with van der Waals surface area (Å²) in [4.78, 5) is 1.12. The smallest absolute Gasteiger partial charge is 0.107 e. The molecule has 3 aromatic rings. The van der Waals surface area contributed by atoms with Gasteiger partial charge in [-0.3, -0.25) is 0 Å². The van der Waals surface area contributed by atoms with E-state index in [1.807, 2.05) is 42.7 Å². The largest absolute Gasteiger partial charge is 0.384 e. The second kappa shape index (κ2) is 5.90. The number of aliphatic hydroxyl groups excluding tert-OH is 1. The minimum atomic E-state index is -0.582. The van der Waals surface area contributed by atoms with Crippen molar-refractivity contribution < 1.29 is 5.11 Å². The van der Waals surface area contributed by atoms with Crippen molar-refractivity contribution in [2.45, 2.75) is 11.0 Å². The van der Waals surface area contributed by atoms with Gasteiger partial charge in [-0.15, -0.1) is 23.1 Å². The van der Waals surface area contributed by atoms with E-state index in [2.05, 4.69) is 27.4 Å². The van der Waals surface area contributed by atoms with Gasteiger partial charge in [-0.25, -0.2) is 0 Å². The molecule has 3 rings (SSSR count). The van der Waals surface area contributed by atoms with Crippen LogP contribution in [0.5, 0.6) is 0 Å². The molecule has 1 unspecified atom stereocenters. The quantitative estimate of drug-likeness (QED) is 0.622. The number of halogens is 1. The summed E-state index contributed by atoms with van der Waals surface area (Å²) in [6.07, 6.45) is 1.45. The molecule has 0 saturated carbocycles. The molecule has 1 nitrogen and oxygen atoms in total. The molecule has 2 aromatic carbocycles. The maximum absolute atomic E-state index is 10.8. The zero-order chi connectivity index (χ0) is 14.1. The van der Waals surface area contributed by atoms with Crippen molar-refractivity contribution in [2.24, 2.45) is 0 Å². The topological polar surface area (TPSA) is 20.2 Å². The molecule has 0 saturated heterocycles. The molecule has 0 radical (unpaired) electrons. The Morgan fingerprint density at radius 1 is 1.10 bits per heavy atom. The number of hydrogen-bond acceptors (Lipinski definition) is 3. The molecule has 0 aliphatic carbocycles. The van der Waals surface area contributed by atoms with E-state index in [1.54, 1.807) is 23.1 Å². The summed E-state index contributed by atoms with van der Waals surface area (Å²) in [5, 5.41) is 13.9. The minimum absolute atomic E-state index is 0.582. The van der Waals surface area contributed by atoms with Gasteiger partial charge < -0.3 is 5.11 Å². The zero-order valence-electron chi connectivity index (χ0n) is 10.8. The second-order valence-electron chi connectivity index (χ2n) is 4.45. The summed E-state index contributed by atoms with van der Waals surface area (Å²) in [5.41, 5.74) is 1.95. The fraction of sp³-hybridized carbons (Fsp3) is 0.125. The van der Waals surface area contributed by atoms with Crippen LogP contribution in [0.25, 0.3) is 10.1 Å². The van der Waals surface area contributed by atoms with Crippen molar-refractivity contribution >= 4 is 49.1 Å². The minimum Gasteiger partial charge on any atom is -0.384 e. The van der Waals surface area contributed by atoms with Crippen molar-refractivity contribution in [3.63, 3.8) is 0 Å². The lowest BCUT2D eigenvalue weighted by Crippen LogP contribution is -2.00. The Hall–Kier alpha value is -0.810. The first-order valence-corrected chi connectivity index (χ1v) is 9.08. The van der Waals surface area contributed by atoms with Gasteiger partial charge in [0.15, 0.2) is 0 Å². The van der Waals surface area contributed by atoms with E-state index >= 15 is 0 Å². The highest BCUT2D eigenvalue weighted by molar-refractivity contribution is 9.10. The van der Waals surface area contributed by atoms with E-state index < -0.39 is 6.10 Å². The molecule has 102 valence electrons. The van der Waals surface area contributed by atoms with Gasteiger partial charge in [0, 0.05) is 19.6 Å². The van der Waals surface area contributed by atoms with Gasteiger partial charge >= 0.3 is 0 Å². The monoisotopic (exact) mass is 364 g/mol. The lowest BCUT2D eigenvalue weighted by Gasteiger charge is -2.14. The second-order valence-corrected chi connectivity index (χ2v) is 7.03. The third-order valence-electron chi connectivity index (χ3n) is 3.31. The molecular formula is C16H13BrOS2. The van der Waals surface area contributed by atoms with Crippen molar-refractivity contribution in [1.29, 1.82) is 0 Å². The van der Waals surface area contributed by atoms with Crippen molar-refractivity contribution in [3.05, 3.63) is 63.4 Å². The maximum atomic E-state index is 10.8. The fourth-order valence-corrected chi connectivity index (χ4v) is 4.58. The number of thioether (sulfide) groups is 1. The van der Waals surface area contributed by atoms with Crippen molar-refractivity contribution in [2.75, 3.05) is 6.26 Å². The molecular weight excluding hydrogens is 352 g/mol. The molecule has 0 spiro atoms. The number of thiophene rings is 1. The van der Waals surface area contributed by atoms with Crippen LogP contribution in [-0.4, -0.2) is 11.4 Å². The predicted molar refractivity (Wildman–Crippen MR) is 91.8 cm³/mol. The molecule has 4 heteroatoms. The number of aliphatic hydroxyl groups is 1. The van der Waals surface area contributed by atoms with Gasteiger partial charge in [0.25, 0.3) is 0 Å². The summed E-state index contributed by atoms with van der Waals surface area (Å²) >= 11 is 6.90. The summed E-state index contributed by atoms with van der Waals surface area (Å²) in [6, 6.07) is 14.1. The molecule has 0 fully saturated rings. The van der Waals surface area contributed by atoms with Crippen LogP contribution >= 0.6 is 39.0 Å². The lowest BCUT2D eigenvalue weighted by atomic mass is 10.0. The van der Waals surface area contributed by atoms with Crippen LogP contribution in [0.1, 0.15) is 17.2 Å². The molecule has 0 bridgehead atoms. The van der Waals surface area contributed by atoms with Crippen LogP contribution < -0.4 is 0 Å². The summed E-state index contributed by atoms with van der Waals surface area (Å²) in [5.74, 6) is 0. The first-order valence-electron chi connectivity index (χ1n) is 6.19. The predicted octanol–water partition coefficient (Wildman–Crippen LogP) is 5.47. The zero-order valence-corrected chi connectivity index (χ0v) is 14.1. The van der Waals surface area contributed by atoms with Gasteiger partial charge in [0.1, 0.15) is 6.10 Å². The van der Waals surface area contributed by atoms with Crippen LogP contribution in [0, 0.1) is 0 Å². The van der Waals surface area contributed by atoms with Crippen LogP contribution in [0.15, 0.2) is 57.2 Å². The van der Waals surface area contributed by atoms with E-state index in [0.29, 0.717) is 0 Å². The lowest BCUT2D eigenvalue weighted by molar-refractivity contribution is 0.219. The summed E-state index contributed by atoms with van der Waals surface area (Å²) < 4.78 is 2.26. The standard InChI is InChI=1S/C16H13BrOS2/c1-19-14-8-3-2-5-11(14)15(18)12-9-20-16-10(12)6-4-7-13(16)17/h2-9,15,18H,1H3. The average Bonchev–Trinajstić information content (AvgIpc) is 2.92. The number of benzene rings is 2. The van der Waals surface area contributed by atoms with Crippen LogP contribution in [0.2, 0.25) is 0 Å². The van der Waals surface area contributed by atoms with E-state index in [-0.39, 0.29) is 0 Å². The number of rotatable bonds is 3. The van der Waals surface area contributed by atoms with Crippen LogP contribution in [-0.2, 0) is 0 Å². The molecule has 0 amide bonds. The van der Waals surface area contributed by atoms with Gasteiger partial charge in [-0.2, -0.15) is 0 Å². The highest BCUT2D eigenvalue weighted by Crippen LogP contribution is 2.39. The summed E-state index contributed by atoms with van der Waals surface area (Å²) in [7, 11) is 0. The SMILES string of the molecule is CSc1ccccc1C(O)c1csc2c(Br)cccc12. The fourth-order valence-electron chi connectivity index (χ4n) is 2.31. The third-order valence-corrected chi connectivity index (χ3v) is 6.09. The Bertz CT molecular complexity index is 751. The number of fused-ring (bicyclic) bond motifs is 1. The molecule has 1 heterocycles. The Kier molecular flexibility index (Phi) is 4.17. The molecule has 1 aromatic heterocycles. The van der Waals surface area contributed by atoms with Gasteiger partial charge in [-0.1, -0.05) is 30.3 Å². The van der Waals surface area contributed by atoms with E-state index in [1.165, 1.54) is 4.70 Å². The Morgan fingerprint density at radius 3 is 2.70 bits per heavy atom. The van der Waals surface area contributed by atoms with Crippen molar-refractivity contribution in [3.8, 4) is 0 Å². The van der Waals surface area contributed by atoms with Crippen molar-refractivity contribution in [1.82, 2.24) is 0 Å². The normalized spacial score (nSPS) is 12.8. The number of hydrogen-bond donors (Lipinski definition) is 1. The van der Waals surface area contributed by atoms with E-state index in [0.717, 1.165) is 25.9 Å². The summed E-state index contributed by atoms with van der Waals surface area (Å²) in [6.45, 7) is 0. The van der Waals surface area contributed by atoms with Crippen LogP contribution in [0.4, 0.5) is 0 Å². The average molecular weight is 365 g/mol. The molecule has 1 atom stereocenters. The van der Waals surface area contributed by atoms with Crippen LogP contribution in [0.3, 0.4) is 0 Å².